The Bertz CT molecular complexity index is 520. The first-order valence-corrected chi connectivity index (χ1v) is 5.17. The number of rotatable bonds is 2. The minimum atomic E-state index is -4.72. The Morgan fingerprint density at radius 2 is 2.11 bits per heavy atom. The van der Waals surface area contributed by atoms with Crippen LogP contribution in [0.15, 0.2) is 12.1 Å². The van der Waals surface area contributed by atoms with E-state index >= 15 is 0 Å². The smallest absolute Gasteiger partial charge is 0.417 e. The van der Waals surface area contributed by atoms with Crippen LogP contribution in [0.5, 0.6) is 0 Å². The van der Waals surface area contributed by atoms with Gasteiger partial charge in [-0.3, -0.25) is 0 Å². The molecule has 0 heterocycles. The molecule has 0 fully saturated rings. The predicted molar refractivity (Wildman–Crippen MR) is 57.1 cm³/mol. The quantitative estimate of drug-likeness (QED) is 0.616. The fourth-order valence-corrected chi connectivity index (χ4v) is 1.67. The average molecular weight is 278 g/mol. The van der Waals surface area contributed by atoms with Crippen molar-refractivity contribution in [2.75, 3.05) is 7.11 Å². The van der Waals surface area contributed by atoms with Gasteiger partial charge in [0.25, 0.3) is 0 Å². The van der Waals surface area contributed by atoms with Crippen molar-refractivity contribution < 1.29 is 22.7 Å². The summed E-state index contributed by atoms with van der Waals surface area (Å²) < 4.78 is 42.4. The second-order valence-electron chi connectivity index (χ2n) is 3.26. The SMILES string of the molecule is COC(=O)c1c(CCl)ccc(C(F)(F)F)c1C#N. The largest absolute Gasteiger partial charge is 0.465 e. The van der Waals surface area contributed by atoms with Gasteiger partial charge in [0.15, 0.2) is 0 Å². The molecular formula is C11H7ClF3NO2. The summed E-state index contributed by atoms with van der Waals surface area (Å²) in [4.78, 5) is 11.5. The Kier molecular flexibility index (Phi) is 4.19. The molecule has 3 nitrogen and oxygen atoms in total. The van der Waals surface area contributed by atoms with E-state index in [1.807, 2.05) is 0 Å². The first-order valence-electron chi connectivity index (χ1n) is 4.64. The Labute approximate surface area is 106 Å². The normalized spacial score (nSPS) is 10.9. The number of carbonyl (C=O) groups excluding carboxylic acids is 1. The average Bonchev–Trinajstić information content (AvgIpc) is 2.34. The van der Waals surface area contributed by atoms with Crippen LogP contribution in [-0.4, -0.2) is 13.1 Å². The van der Waals surface area contributed by atoms with E-state index in [4.69, 9.17) is 16.9 Å². The van der Waals surface area contributed by atoms with Crippen LogP contribution in [0.25, 0.3) is 0 Å². The summed E-state index contributed by atoms with van der Waals surface area (Å²) >= 11 is 5.53. The number of alkyl halides is 4. The van der Waals surface area contributed by atoms with E-state index < -0.39 is 28.8 Å². The van der Waals surface area contributed by atoms with Crippen LogP contribution in [0.2, 0.25) is 0 Å². The minimum absolute atomic E-state index is 0.119. The molecule has 0 radical (unpaired) electrons. The van der Waals surface area contributed by atoms with Crippen LogP contribution in [0.4, 0.5) is 13.2 Å². The summed E-state index contributed by atoms with van der Waals surface area (Å²) in [5.74, 6) is -1.22. The van der Waals surface area contributed by atoms with Crippen molar-refractivity contribution in [1.82, 2.24) is 0 Å². The summed E-state index contributed by atoms with van der Waals surface area (Å²) in [7, 11) is 1.02. The topological polar surface area (TPSA) is 50.1 Å². The van der Waals surface area contributed by atoms with Gasteiger partial charge in [-0.1, -0.05) is 6.07 Å². The van der Waals surface area contributed by atoms with Crippen molar-refractivity contribution in [1.29, 1.82) is 5.26 Å². The molecule has 0 aromatic heterocycles. The third-order valence-corrected chi connectivity index (χ3v) is 2.53. The first-order chi connectivity index (χ1) is 8.36. The Hall–Kier alpha value is -1.74. The fourth-order valence-electron chi connectivity index (χ4n) is 1.44. The maximum atomic E-state index is 12.7. The molecule has 7 heteroatoms. The number of hydrogen-bond acceptors (Lipinski definition) is 3. The monoisotopic (exact) mass is 277 g/mol. The number of carbonyl (C=O) groups is 1. The van der Waals surface area contributed by atoms with Crippen LogP contribution in [0, 0.1) is 11.3 Å². The van der Waals surface area contributed by atoms with Crippen molar-refractivity contribution in [2.45, 2.75) is 12.1 Å². The summed E-state index contributed by atoms with van der Waals surface area (Å²) in [6.45, 7) is 0. The number of esters is 1. The lowest BCUT2D eigenvalue weighted by Gasteiger charge is -2.13. The first kappa shape index (κ1) is 14.3. The summed E-state index contributed by atoms with van der Waals surface area (Å²) in [5.41, 5.74) is -2.27. The van der Waals surface area contributed by atoms with Gasteiger partial charge in [0.2, 0.25) is 0 Å². The number of methoxy groups -OCH3 is 1. The summed E-state index contributed by atoms with van der Waals surface area (Å²) in [6.07, 6.45) is -4.72. The molecular weight excluding hydrogens is 271 g/mol. The van der Waals surface area contributed by atoms with E-state index in [2.05, 4.69) is 4.74 Å². The van der Waals surface area contributed by atoms with Crippen molar-refractivity contribution in [2.24, 2.45) is 0 Å². The van der Waals surface area contributed by atoms with Gasteiger partial charge < -0.3 is 4.74 Å². The maximum absolute atomic E-state index is 12.7. The molecule has 0 spiro atoms. The molecule has 0 bridgehead atoms. The lowest BCUT2D eigenvalue weighted by atomic mass is 9.97. The highest BCUT2D eigenvalue weighted by Gasteiger charge is 2.36. The highest BCUT2D eigenvalue weighted by atomic mass is 35.5. The molecule has 0 amide bonds. The van der Waals surface area contributed by atoms with Crippen LogP contribution >= 0.6 is 11.6 Å². The molecule has 0 aliphatic carbocycles. The Morgan fingerprint density at radius 3 is 2.50 bits per heavy atom. The number of ether oxygens (including phenoxy) is 1. The van der Waals surface area contributed by atoms with Crippen LogP contribution < -0.4 is 0 Å². The van der Waals surface area contributed by atoms with E-state index in [0.717, 1.165) is 19.2 Å². The summed E-state index contributed by atoms with van der Waals surface area (Å²) in [5, 5.41) is 8.83. The van der Waals surface area contributed by atoms with Gasteiger partial charge in [-0.15, -0.1) is 11.6 Å². The Balaban J connectivity index is 3.64. The minimum Gasteiger partial charge on any atom is -0.465 e. The van der Waals surface area contributed by atoms with Crippen molar-refractivity contribution in [3.05, 3.63) is 34.4 Å². The van der Waals surface area contributed by atoms with E-state index in [0.29, 0.717) is 0 Å². The van der Waals surface area contributed by atoms with E-state index in [1.54, 1.807) is 0 Å². The van der Waals surface area contributed by atoms with Crippen molar-refractivity contribution in [3.8, 4) is 6.07 Å². The molecule has 0 aliphatic heterocycles. The zero-order valence-corrected chi connectivity index (χ0v) is 9.89. The van der Waals surface area contributed by atoms with Gasteiger partial charge in [-0.2, -0.15) is 18.4 Å². The molecule has 0 atom stereocenters. The van der Waals surface area contributed by atoms with Crippen molar-refractivity contribution in [3.63, 3.8) is 0 Å². The number of halogens is 4. The fraction of sp³-hybridized carbons (Fsp3) is 0.273. The highest BCUT2D eigenvalue weighted by molar-refractivity contribution is 6.17. The van der Waals surface area contributed by atoms with Crippen LogP contribution in [0.1, 0.15) is 27.0 Å². The van der Waals surface area contributed by atoms with Gasteiger partial charge in [-0.25, -0.2) is 4.79 Å². The lowest BCUT2D eigenvalue weighted by molar-refractivity contribution is -0.137. The number of hydrogen-bond donors (Lipinski definition) is 0. The molecule has 0 unspecified atom stereocenters. The maximum Gasteiger partial charge on any atom is 0.417 e. The molecule has 0 saturated heterocycles. The van der Waals surface area contributed by atoms with Gasteiger partial charge in [0.05, 0.1) is 23.8 Å². The van der Waals surface area contributed by atoms with Crippen LogP contribution in [0.3, 0.4) is 0 Å². The molecule has 0 saturated carbocycles. The van der Waals surface area contributed by atoms with E-state index in [1.165, 1.54) is 6.07 Å². The molecule has 18 heavy (non-hydrogen) atoms. The third kappa shape index (κ3) is 2.57. The molecule has 0 N–H and O–H groups in total. The van der Waals surface area contributed by atoms with Crippen molar-refractivity contribution >= 4 is 17.6 Å². The predicted octanol–water partition coefficient (Wildman–Crippen LogP) is 3.10. The molecule has 96 valence electrons. The molecule has 0 aliphatic rings. The zero-order valence-electron chi connectivity index (χ0n) is 9.14. The van der Waals surface area contributed by atoms with Gasteiger partial charge >= 0.3 is 12.1 Å². The number of nitrogens with zero attached hydrogens (tertiary/aromatic N) is 1. The molecule has 1 rings (SSSR count). The highest BCUT2D eigenvalue weighted by Crippen LogP contribution is 2.34. The van der Waals surface area contributed by atoms with E-state index in [-0.39, 0.29) is 11.4 Å². The number of benzene rings is 1. The molecule has 1 aromatic carbocycles. The second kappa shape index (κ2) is 5.27. The molecule has 1 aromatic rings. The van der Waals surface area contributed by atoms with Gasteiger partial charge in [0.1, 0.15) is 6.07 Å². The lowest BCUT2D eigenvalue weighted by Crippen LogP contribution is -2.15. The number of nitriles is 1. The van der Waals surface area contributed by atoms with Crippen LogP contribution in [-0.2, 0) is 16.8 Å². The third-order valence-electron chi connectivity index (χ3n) is 2.24. The standard InChI is InChI=1S/C11H7ClF3NO2/c1-18-10(17)9-6(4-12)2-3-8(7(9)5-16)11(13,14)15/h2-3H,4H2,1H3. The zero-order chi connectivity index (χ0) is 13.9. The van der Waals surface area contributed by atoms with E-state index in [9.17, 15) is 18.0 Å². The Morgan fingerprint density at radius 1 is 1.50 bits per heavy atom. The van der Waals surface area contributed by atoms with Gasteiger partial charge in [0, 0.05) is 5.88 Å². The second-order valence-corrected chi connectivity index (χ2v) is 3.52. The summed E-state index contributed by atoms with van der Waals surface area (Å²) in [6, 6.07) is 3.16. The van der Waals surface area contributed by atoms with Gasteiger partial charge in [-0.05, 0) is 11.6 Å².